The van der Waals surface area contributed by atoms with Crippen molar-refractivity contribution in [3.63, 3.8) is 0 Å². The van der Waals surface area contributed by atoms with Crippen LogP contribution in [-0.2, 0) is 0 Å². The minimum absolute atomic E-state index is 0.0888. The molecule has 0 radical (unpaired) electrons. The van der Waals surface area contributed by atoms with Crippen molar-refractivity contribution in [1.29, 1.82) is 0 Å². The van der Waals surface area contributed by atoms with Crippen LogP contribution in [0.2, 0.25) is 0 Å². The zero-order valence-electron chi connectivity index (χ0n) is 14.8. The molecule has 4 heterocycles. The Balaban J connectivity index is 1.44. The molecule has 1 aromatic carbocycles. The highest BCUT2D eigenvalue weighted by atomic mass is 32.1. The number of rotatable bonds is 3. The molecule has 2 bridgehead atoms. The molecule has 3 saturated heterocycles. The molecular formula is C20H24N2O2S. The summed E-state index contributed by atoms with van der Waals surface area (Å²) >= 11 is 1.55. The molecule has 132 valence electrons. The molecule has 1 aromatic heterocycles. The first kappa shape index (κ1) is 15.6. The molecule has 2 aromatic rings. The summed E-state index contributed by atoms with van der Waals surface area (Å²) in [5, 5.41) is 4.51. The number of aryl methyl sites for hydroxylation is 1. The maximum Gasteiger partial charge on any atom is 0.261 e. The topological polar surface area (TPSA) is 41.6 Å². The minimum atomic E-state index is 0.0888. The molecular weight excluding hydrogens is 332 g/mol. The standard InChI is InChI=1S/C20H24N2O2S/c1-12-3-4-14-11-15(25-17(14)16(12)24-2)19(23)21-18-13-5-9-22(10-6-13)20(18)7-8-20/h3-4,11,13,18H,5-10H2,1-2H3,(H,21,23)/t18-/m0/s1. The smallest absolute Gasteiger partial charge is 0.261 e. The average molecular weight is 356 g/mol. The van der Waals surface area contributed by atoms with Gasteiger partial charge in [0.1, 0.15) is 5.75 Å². The number of piperidine rings is 3. The van der Waals surface area contributed by atoms with Gasteiger partial charge >= 0.3 is 0 Å². The van der Waals surface area contributed by atoms with Crippen molar-refractivity contribution < 1.29 is 9.53 Å². The Kier molecular flexibility index (Phi) is 3.41. The van der Waals surface area contributed by atoms with Crippen LogP contribution in [0.4, 0.5) is 0 Å². The van der Waals surface area contributed by atoms with E-state index in [2.05, 4.69) is 22.3 Å². The summed E-state index contributed by atoms with van der Waals surface area (Å²) in [4.78, 5) is 16.4. The predicted molar refractivity (Wildman–Crippen MR) is 101 cm³/mol. The van der Waals surface area contributed by atoms with Crippen molar-refractivity contribution in [1.82, 2.24) is 10.2 Å². The highest BCUT2D eigenvalue weighted by molar-refractivity contribution is 7.21. The van der Waals surface area contributed by atoms with Crippen molar-refractivity contribution in [3.8, 4) is 5.75 Å². The fourth-order valence-electron chi connectivity index (χ4n) is 5.07. The molecule has 4 fully saturated rings. The molecule has 0 unspecified atom stereocenters. The summed E-state index contributed by atoms with van der Waals surface area (Å²) in [5.74, 6) is 1.64. The van der Waals surface area contributed by atoms with Gasteiger partial charge in [0.2, 0.25) is 0 Å². The van der Waals surface area contributed by atoms with Gasteiger partial charge in [-0.25, -0.2) is 0 Å². The van der Waals surface area contributed by atoms with Crippen LogP contribution in [0.3, 0.4) is 0 Å². The first-order valence-corrected chi connectivity index (χ1v) is 10.1. The Bertz CT molecular complexity index is 847. The normalized spacial score (nSPS) is 29.1. The monoisotopic (exact) mass is 356 g/mol. The minimum Gasteiger partial charge on any atom is -0.495 e. The van der Waals surface area contributed by atoms with Crippen LogP contribution >= 0.6 is 11.3 Å². The van der Waals surface area contributed by atoms with Gasteiger partial charge in [0.05, 0.1) is 22.7 Å². The number of carbonyl (C=O) groups is 1. The van der Waals surface area contributed by atoms with Gasteiger partial charge < -0.3 is 10.1 Å². The third-order valence-electron chi connectivity index (χ3n) is 6.53. The molecule has 6 rings (SSSR count). The van der Waals surface area contributed by atoms with Gasteiger partial charge in [-0.05, 0) is 68.6 Å². The summed E-state index contributed by atoms with van der Waals surface area (Å²) in [7, 11) is 1.70. The lowest BCUT2D eigenvalue weighted by Gasteiger charge is -2.52. The molecule has 1 amide bonds. The summed E-state index contributed by atoms with van der Waals surface area (Å²) < 4.78 is 6.63. The molecule has 3 aliphatic heterocycles. The number of nitrogens with one attached hydrogen (secondary N) is 1. The Morgan fingerprint density at radius 1 is 1.32 bits per heavy atom. The van der Waals surface area contributed by atoms with Crippen molar-refractivity contribution >= 4 is 27.3 Å². The van der Waals surface area contributed by atoms with E-state index in [0.717, 1.165) is 26.3 Å². The zero-order valence-corrected chi connectivity index (χ0v) is 15.6. The third-order valence-corrected chi connectivity index (χ3v) is 7.68. The van der Waals surface area contributed by atoms with Crippen molar-refractivity contribution in [2.45, 2.75) is 44.2 Å². The van der Waals surface area contributed by atoms with E-state index in [1.165, 1.54) is 38.8 Å². The van der Waals surface area contributed by atoms with Crippen LogP contribution in [-0.4, -0.2) is 42.6 Å². The zero-order chi connectivity index (χ0) is 17.2. The first-order valence-electron chi connectivity index (χ1n) is 9.25. The van der Waals surface area contributed by atoms with E-state index in [0.29, 0.717) is 12.0 Å². The second kappa shape index (κ2) is 5.45. The first-order chi connectivity index (χ1) is 12.1. The lowest BCUT2D eigenvalue weighted by atomic mass is 9.77. The molecule has 25 heavy (non-hydrogen) atoms. The number of fused-ring (bicyclic) bond motifs is 3. The number of nitrogens with zero attached hydrogens (tertiary/aromatic N) is 1. The highest BCUT2D eigenvalue weighted by Crippen LogP contribution is 2.53. The number of methoxy groups -OCH3 is 1. The number of hydrogen-bond acceptors (Lipinski definition) is 4. The summed E-state index contributed by atoms with van der Waals surface area (Å²) in [6.07, 6.45) is 4.94. The Morgan fingerprint density at radius 2 is 2.08 bits per heavy atom. The van der Waals surface area contributed by atoms with Gasteiger partial charge in [-0.2, -0.15) is 0 Å². The van der Waals surface area contributed by atoms with Gasteiger partial charge in [0, 0.05) is 5.54 Å². The van der Waals surface area contributed by atoms with Crippen LogP contribution in [0.15, 0.2) is 18.2 Å². The second-order valence-corrected chi connectivity index (χ2v) is 8.88. The van der Waals surface area contributed by atoms with Gasteiger partial charge in [0.15, 0.2) is 0 Å². The van der Waals surface area contributed by atoms with E-state index < -0.39 is 0 Å². The number of amides is 1. The van der Waals surface area contributed by atoms with Gasteiger partial charge in [-0.15, -0.1) is 11.3 Å². The van der Waals surface area contributed by atoms with E-state index >= 15 is 0 Å². The number of thiophene rings is 1. The van der Waals surface area contributed by atoms with E-state index in [9.17, 15) is 4.79 Å². The molecule has 1 spiro atoms. The molecule has 1 atom stereocenters. The number of ether oxygens (including phenoxy) is 1. The Morgan fingerprint density at radius 3 is 2.76 bits per heavy atom. The SMILES string of the molecule is COc1c(C)ccc2cc(C(=O)N[C@H]3C4CCN(CC4)C34CC4)sc12. The predicted octanol–water partition coefficient (Wildman–Crippen LogP) is 3.57. The van der Waals surface area contributed by atoms with E-state index in [-0.39, 0.29) is 11.4 Å². The van der Waals surface area contributed by atoms with Gasteiger partial charge in [0.25, 0.3) is 5.91 Å². The largest absolute Gasteiger partial charge is 0.495 e. The molecule has 4 aliphatic rings. The summed E-state index contributed by atoms with van der Waals surface area (Å²) in [5.41, 5.74) is 1.39. The van der Waals surface area contributed by atoms with E-state index in [1.807, 2.05) is 13.0 Å². The fraction of sp³-hybridized carbons (Fsp3) is 0.550. The lowest BCUT2D eigenvalue weighted by Crippen LogP contribution is -2.65. The number of carbonyl (C=O) groups excluding carboxylic acids is 1. The number of benzene rings is 1. The quantitative estimate of drug-likeness (QED) is 0.914. The van der Waals surface area contributed by atoms with Gasteiger partial charge in [-0.1, -0.05) is 12.1 Å². The third kappa shape index (κ3) is 2.25. The van der Waals surface area contributed by atoms with Crippen molar-refractivity contribution in [2.75, 3.05) is 20.2 Å². The van der Waals surface area contributed by atoms with Crippen molar-refractivity contribution in [2.24, 2.45) is 5.92 Å². The highest BCUT2D eigenvalue weighted by Gasteiger charge is 2.60. The van der Waals surface area contributed by atoms with Gasteiger partial charge in [-0.3, -0.25) is 9.69 Å². The molecule has 5 heteroatoms. The summed E-state index contributed by atoms with van der Waals surface area (Å²) in [6.45, 7) is 4.48. The second-order valence-electron chi connectivity index (χ2n) is 7.82. The maximum absolute atomic E-state index is 13.0. The summed E-state index contributed by atoms with van der Waals surface area (Å²) in [6, 6.07) is 6.48. The fourth-order valence-corrected chi connectivity index (χ4v) is 6.21. The number of hydrogen-bond donors (Lipinski definition) is 1. The van der Waals surface area contributed by atoms with Crippen molar-refractivity contribution in [3.05, 3.63) is 28.6 Å². The molecule has 1 N–H and O–H groups in total. The van der Waals surface area contributed by atoms with Crippen LogP contribution in [0.1, 0.15) is 40.9 Å². The molecule has 4 nitrogen and oxygen atoms in total. The van der Waals surface area contributed by atoms with Crippen LogP contribution in [0.25, 0.3) is 10.1 Å². The Labute approximate surface area is 152 Å². The van der Waals surface area contributed by atoms with E-state index in [1.54, 1.807) is 18.4 Å². The molecule has 1 saturated carbocycles. The van der Waals surface area contributed by atoms with Crippen LogP contribution in [0.5, 0.6) is 5.75 Å². The Hall–Kier alpha value is -1.59. The van der Waals surface area contributed by atoms with Crippen LogP contribution < -0.4 is 10.1 Å². The van der Waals surface area contributed by atoms with Crippen LogP contribution in [0, 0.1) is 12.8 Å². The molecule has 1 aliphatic carbocycles. The van der Waals surface area contributed by atoms with E-state index in [4.69, 9.17) is 4.74 Å². The lowest BCUT2D eigenvalue weighted by molar-refractivity contribution is -0.00138. The average Bonchev–Trinajstić information content (AvgIpc) is 3.28. The maximum atomic E-state index is 13.0.